The Morgan fingerprint density at radius 2 is 1.77 bits per heavy atom. The Bertz CT molecular complexity index is 877. The summed E-state index contributed by atoms with van der Waals surface area (Å²) in [5.74, 6) is 0.971. The van der Waals surface area contributed by atoms with Crippen LogP contribution in [0.4, 0.5) is 5.69 Å². The third-order valence-electron chi connectivity index (χ3n) is 5.39. The van der Waals surface area contributed by atoms with Gasteiger partial charge in [-0.15, -0.1) is 0 Å². The Kier molecular flexibility index (Phi) is 7.69. The van der Waals surface area contributed by atoms with Crippen LogP contribution in [0.2, 0.25) is 0 Å². The molecule has 1 atom stereocenters. The number of likely N-dealkylation sites (tertiary alicyclic amines) is 1. The van der Waals surface area contributed by atoms with Crippen LogP contribution in [0.5, 0.6) is 5.75 Å². The third kappa shape index (κ3) is 6.20. The van der Waals surface area contributed by atoms with Crippen molar-refractivity contribution in [3.05, 3.63) is 59.2 Å². The Morgan fingerprint density at radius 1 is 1.07 bits per heavy atom. The molecule has 30 heavy (non-hydrogen) atoms. The van der Waals surface area contributed by atoms with Gasteiger partial charge in [0.2, 0.25) is 0 Å². The maximum absolute atomic E-state index is 12.6. The number of hydrogen-bond donors (Lipinski definition) is 2. The molecule has 1 aliphatic heterocycles. The van der Waals surface area contributed by atoms with Gasteiger partial charge >= 0.3 is 0 Å². The van der Waals surface area contributed by atoms with E-state index in [1.165, 1.54) is 17.5 Å². The van der Waals surface area contributed by atoms with Crippen LogP contribution in [0.1, 0.15) is 47.7 Å². The molecule has 0 unspecified atom stereocenters. The van der Waals surface area contributed by atoms with E-state index in [0.717, 1.165) is 42.9 Å². The highest BCUT2D eigenvalue weighted by Gasteiger charge is 2.18. The van der Waals surface area contributed by atoms with Crippen molar-refractivity contribution in [3.8, 4) is 5.75 Å². The summed E-state index contributed by atoms with van der Waals surface area (Å²) in [6, 6.07) is 13.6. The Labute approximate surface area is 184 Å². The monoisotopic (exact) mass is 425 g/mol. The Morgan fingerprint density at radius 3 is 2.43 bits per heavy atom. The predicted molar refractivity (Wildman–Crippen MR) is 126 cm³/mol. The van der Waals surface area contributed by atoms with Gasteiger partial charge in [0.15, 0.2) is 5.11 Å². The summed E-state index contributed by atoms with van der Waals surface area (Å²) in [5.41, 5.74) is 4.04. The van der Waals surface area contributed by atoms with E-state index in [1.54, 1.807) is 0 Å². The minimum Gasteiger partial charge on any atom is -0.491 e. The summed E-state index contributed by atoms with van der Waals surface area (Å²) in [4.78, 5) is 14.5. The number of piperidine rings is 1. The van der Waals surface area contributed by atoms with E-state index < -0.39 is 0 Å². The number of rotatable bonds is 6. The van der Waals surface area contributed by atoms with Crippen molar-refractivity contribution in [3.63, 3.8) is 0 Å². The van der Waals surface area contributed by atoms with Crippen molar-refractivity contribution in [1.29, 1.82) is 0 Å². The van der Waals surface area contributed by atoms with Gasteiger partial charge < -0.3 is 20.3 Å². The summed E-state index contributed by atoms with van der Waals surface area (Å²) < 4.78 is 5.86. The van der Waals surface area contributed by atoms with Crippen molar-refractivity contribution in [2.45, 2.75) is 46.1 Å². The topological polar surface area (TPSA) is 53.6 Å². The minimum absolute atomic E-state index is 0.0477. The van der Waals surface area contributed by atoms with Crippen LogP contribution < -0.4 is 15.4 Å². The van der Waals surface area contributed by atoms with Crippen LogP contribution in [-0.4, -0.2) is 41.7 Å². The van der Waals surface area contributed by atoms with Gasteiger partial charge in [0.05, 0.1) is 6.04 Å². The standard InChI is InChI=1S/C24H31N3O2S/c1-17-7-12-22(15-18(17)2)29-16-19(3)25-24(30)26-21-10-8-20(9-11-21)23(28)27-13-5-4-6-14-27/h7-12,15,19H,4-6,13-14,16H2,1-3H3,(H2,25,26,30)/t19-/m0/s1. The average molecular weight is 426 g/mol. The highest BCUT2D eigenvalue weighted by molar-refractivity contribution is 7.80. The Balaban J connectivity index is 1.45. The molecule has 5 nitrogen and oxygen atoms in total. The summed E-state index contributed by atoms with van der Waals surface area (Å²) in [6.45, 7) is 8.41. The first-order valence-electron chi connectivity index (χ1n) is 10.6. The molecule has 0 radical (unpaired) electrons. The van der Waals surface area contributed by atoms with Crippen molar-refractivity contribution >= 4 is 28.9 Å². The number of nitrogens with one attached hydrogen (secondary N) is 2. The molecule has 2 aromatic carbocycles. The first kappa shape index (κ1) is 22.1. The average Bonchev–Trinajstić information content (AvgIpc) is 2.75. The molecule has 2 N–H and O–H groups in total. The molecule has 0 bridgehead atoms. The molecule has 2 aromatic rings. The van der Waals surface area contributed by atoms with Gasteiger partial charge in [0, 0.05) is 24.3 Å². The zero-order valence-corrected chi connectivity index (χ0v) is 18.8. The molecule has 1 heterocycles. The molecule has 1 saturated heterocycles. The van der Waals surface area contributed by atoms with Gasteiger partial charge in [-0.2, -0.15) is 0 Å². The SMILES string of the molecule is Cc1ccc(OC[C@H](C)NC(=S)Nc2ccc(C(=O)N3CCCCC3)cc2)cc1C. The lowest BCUT2D eigenvalue weighted by Crippen LogP contribution is -2.39. The summed E-state index contributed by atoms with van der Waals surface area (Å²) >= 11 is 5.41. The second kappa shape index (κ2) is 10.4. The smallest absolute Gasteiger partial charge is 0.253 e. The van der Waals surface area contributed by atoms with Crippen LogP contribution in [0.25, 0.3) is 0 Å². The van der Waals surface area contributed by atoms with E-state index in [4.69, 9.17) is 17.0 Å². The first-order chi connectivity index (χ1) is 14.4. The van der Waals surface area contributed by atoms with Crippen LogP contribution in [0, 0.1) is 13.8 Å². The summed E-state index contributed by atoms with van der Waals surface area (Å²) in [6.07, 6.45) is 3.40. The number of ether oxygens (including phenoxy) is 1. The van der Waals surface area contributed by atoms with Crippen molar-refractivity contribution in [1.82, 2.24) is 10.2 Å². The molecule has 160 valence electrons. The number of anilines is 1. The van der Waals surface area contributed by atoms with E-state index in [9.17, 15) is 4.79 Å². The summed E-state index contributed by atoms with van der Waals surface area (Å²) in [7, 11) is 0. The molecular formula is C24H31N3O2S. The second-order valence-corrected chi connectivity index (χ2v) is 8.40. The lowest BCUT2D eigenvalue weighted by Gasteiger charge is -2.26. The number of carbonyl (C=O) groups is 1. The third-order valence-corrected chi connectivity index (χ3v) is 5.61. The zero-order valence-electron chi connectivity index (χ0n) is 18.0. The van der Waals surface area contributed by atoms with Gasteiger partial charge in [-0.25, -0.2) is 0 Å². The lowest BCUT2D eigenvalue weighted by molar-refractivity contribution is 0.0724. The number of amides is 1. The molecule has 0 saturated carbocycles. The lowest BCUT2D eigenvalue weighted by atomic mass is 10.1. The minimum atomic E-state index is 0.0477. The number of carbonyl (C=O) groups excluding carboxylic acids is 1. The number of aryl methyl sites for hydroxylation is 2. The maximum Gasteiger partial charge on any atom is 0.253 e. The molecular weight excluding hydrogens is 394 g/mol. The second-order valence-electron chi connectivity index (χ2n) is 7.99. The number of nitrogens with zero attached hydrogens (tertiary/aromatic N) is 1. The maximum atomic E-state index is 12.6. The van der Waals surface area contributed by atoms with Gasteiger partial charge in [-0.05, 0) is 99.8 Å². The molecule has 0 spiro atoms. The van der Waals surface area contributed by atoms with Crippen molar-refractivity contribution in [2.75, 3.05) is 25.0 Å². The largest absolute Gasteiger partial charge is 0.491 e. The van der Waals surface area contributed by atoms with E-state index in [1.807, 2.05) is 48.2 Å². The van der Waals surface area contributed by atoms with E-state index in [2.05, 4.69) is 30.5 Å². The van der Waals surface area contributed by atoms with Crippen LogP contribution in [0.3, 0.4) is 0 Å². The fourth-order valence-electron chi connectivity index (χ4n) is 3.43. The Hall–Kier alpha value is -2.60. The van der Waals surface area contributed by atoms with Crippen LogP contribution in [0.15, 0.2) is 42.5 Å². The number of thiocarbonyl (C=S) groups is 1. The highest BCUT2D eigenvalue weighted by Crippen LogP contribution is 2.17. The molecule has 6 heteroatoms. The van der Waals surface area contributed by atoms with E-state index in [0.29, 0.717) is 11.7 Å². The molecule has 1 fully saturated rings. The normalized spacial score (nSPS) is 14.7. The van der Waals surface area contributed by atoms with Crippen LogP contribution >= 0.6 is 12.2 Å². The first-order valence-corrected chi connectivity index (χ1v) is 11.0. The fourth-order valence-corrected chi connectivity index (χ4v) is 3.75. The predicted octanol–water partition coefficient (Wildman–Crippen LogP) is 4.68. The van der Waals surface area contributed by atoms with Crippen molar-refractivity contribution in [2.24, 2.45) is 0 Å². The highest BCUT2D eigenvalue weighted by atomic mass is 32.1. The quantitative estimate of drug-likeness (QED) is 0.658. The van der Waals surface area contributed by atoms with Gasteiger partial charge in [-0.1, -0.05) is 6.07 Å². The van der Waals surface area contributed by atoms with Gasteiger partial charge in [0.25, 0.3) is 5.91 Å². The van der Waals surface area contributed by atoms with E-state index in [-0.39, 0.29) is 11.9 Å². The molecule has 1 aliphatic rings. The molecule has 0 aliphatic carbocycles. The molecule has 3 rings (SSSR count). The number of hydrogen-bond acceptors (Lipinski definition) is 3. The van der Waals surface area contributed by atoms with E-state index >= 15 is 0 Å². The fraction of sp³-hybridized carbons (Fsp3) is 0.417. The van der Waals surface area contributed by atoms with Gasteiger partial charge in [0.1, 0.15) is 12.4 Å². The van der Waals surface area contributed by atoms with Crippen molar-refractivity contribution < 1.29 is 9.53 Å². The number of benzene rings is 2. The summed E-state index contributed by atoms with van der Waals surface area (Å²) in [5, 5.41) is 6.94. The molecule has 1 amide bonds. The van der Waals surface area contributed by atoms with Gasteiger partial charge in [-0.3, -0.25) is 4.79 Å². The zero-order chi connectivity index (χ0) is 21.5. The van der Waals surface area contributed by atoms with Crippen LogP contribution in [-0.2, 0) is 0 Å². The molecule has 0 aromatic heterocycles.